The largest absolute Gasteiger partial charge is 0.497 e. The summed E-state index contributed by atoms with van der Waals surface area (Å²) in [6.07, 6.45) is -0.669. The second-order valence-corrected chi connectivity index (χ2v) is 6.96. The molecule has 4 aromatic rings. The number of ether oxygens (including phenoxy) is 3. The molecular weight excluding hydrogens is 394 g/mol. The maximum absolute atomic E-state index is 12.6. The number of hydrogen-bond acceptors (Lipinski definition) is 5. The fraction of sp³-hybridized carbons (Fsp3) is 0.167. The van der Waals surface area contributed by atoms with Crippen molar-refractivity contribution >= 4 is 22.6 Å². The standard InChI is InChI=1S/C24H23N3O4/c1-15(31-17-7-5-4-6-8-17)24(28)25-23-20-11-9-16(13-21(20)26-27-23)19-12-10-18(29-2)14-22(19)30-3/h4-15H,1-3H3,(H2,25,26,27,28). The Morgan fingerprint density at radius 1 is 0.968 bits per heavy atom. The van der Waals surface area contributed by atoms with Gasteiger partial charge in [-0.1, -0.05) is 24.3 Å². The molecule has 4 rings (SSSR count). The third kappa shape index (κ3) is 4.30. The maximum atomic E-state index is 12.6. The van der Waals surface area contributed by atoms with Gasteiger partial charge < -0.3 is 19.5 Å². The van der Waals surface area contributed by atoms with Crippen molar-refractivity contribution in [2.45, 2.75) is 13.0 Å². The highest BCUT2D eigenvalue weighted by Gasteiger charge is 2.18. The molecule has 3 aromatic carbocycles. The highest BCUT2D eigenvalue weighted by Crippen LogP contribution is 2.35. The Morgan fingerprint density at radius 2 is 1.77 bits per heavy atom. The summed E-state index contributed by atoms with van der Waals surface area (Å²) in [6.45, 7) is 1.70. The van der Waals surface area contributed by atoms with Crippen molar-refractivity contribution in [3.8, 4) is 28.4 Å². The highest BCUT2D eigenvalue weighted by molar-refractivity contribution is 6.02. The number of hydrogen-bond donors (Lipinski definition) is 2. The minimum atomic E-state index is -0.669. The molecule has 2 N–H and O–H groups in total. The van der Waals surface area contributed by atoms with E-state index in [1.54, 1.807) is 21.1 Å². The molecule has 1 heterocycles. The molecule has 0 saturated carbocycles. The zero-order chi connectivity index (χ0) is 21.8. The normalized spacial score (nSPS) is 11.7. The van der Waals surface area contributed by atoms with E-state index in [-0.39, 0.29) is 5.91 Å². The van der Waals surface area contributed by atoms with Crippen molar-refractivity contribution in [1.82, 2.24) is 10.2 Å². The molecule has 0 aliphatic heterocycles. The van der Waals surface area contributed by atoms with Crippen molar-refractivity contribution in [2.75, 3.05) is 19.5 Å². The number of fused-ring (bicyclic) bond motifs is 1. The predicted molar refractivity (Wildman–Crippen MR) is 120 cm³/mol. The van der Waals surface area contributed by atoms with Gasteiger partial charge in [0.15, 0.2) is 11.9 Å². The Bertz CT molecular complexity index is 1200. The van der Waals surface area contributed by atoms with E-state index in [0.29, 0.717) is 17.3 Å². The molecule has 1 unspecified atom stereocenters. The van der Waals surface area contributed by atoms with Gasteiger partial charge in [-0.05, 0) is 48.9 Å². The van der Waals surface area contributed by atoms with Crippen LogP contribution in [0.1, 0.15) is 6.92 Å². The van der Waals surface area contributed by atoms with Crippen LogP contribution in [0.2, 0.25) is 0 Å². The molecule has 0 bridgehead atoms. The number of carbonyl (C=O) groups excluding carboxylic acids is 1. The first kappa shape index (κ1) is 20.3. The third-order valence-electron chi connectivity index (χ3n) is 4.95. The van der Waals surface area contributed by atoms with Crippen LogP contribution in [0.5, 0.6) is 17.2 Å². The summed E-state index contributed by atoms with van der Waals surface area (Å²) < 4.78 is 16.5. The number of amides is 1. The van der Waals surface area contributed by atoms with Gasteiger partial charge >= 0.3 is 0 Å². The first-order valence-corrected chi connectivity index (χ1v) is 9.82. The lowest BCUT2D eigenvalue weighted by molar-refractivity contribution is -0.122. The van der Waals surface area contributed by atoms with E-state index in [1.807, 2.05) is 66.7 Å². The number of anilines is 1. The molecule has 0 aliphatic rings. The van der Waals surface area contributed by atoms with Crippen LogP contribution < -0.4 is 19.5 Å². The average Bonchev–Trinajstić information content (AvgIpc) is 3.21. The molecule has 158 valence electrons. The molecule has 0 saturated heterocycles. The molecule has 0 radical (unpaired) electrons. The number of rotatable bonds is 7. The molecule has 0 fully saturated rings. The number of benzene rings is 3. The van der Waals surface area contributed by atoms with Crippen LogP contribution in [0, 0.1) is 0 Å². The van der Waals surface area contributed by atoms with E-state index >= 15 is 0 Å². The van der Waals surface area contributed by atoms with Crippen LogP contribution in [0.4, 0.5) is 5.82 Å². The van der Waals surface area contributed by atoms with Crippen LogP contribution in [0.3, 0.4) is 0 Å². The molecule has 0 spiro atoms. The lowest BCUT2D eigenvalue weighted by Gasteiger charge is -2.14. The topological polar surface area (TPSA) is 85.5 Å². The Morgan fingerprint density at radius 3 is 2.52 bits per heavy atom. The van der Waals surface area contributed by atoms with Gasteiger partial charge in [0.2, 0.25) is 0 Å². The molecule has 1 aromatic heterocycles. The lowest BCUT2D eigenvalue weighted by atomic mass is 10.0. The number of carbonyl (C=O) groups is 1. The first-order valence-electron chi connectivity index (χ1n) is 9.82. The number of methoxy groups -OCH3 is 2. The summed E-state index contributed by atoms with van der Waals surface area (Å²) in [7, 11) is 3.24. The molecule has 7 nitrogen and oxygen atoms in total. The SMILES string of the molecule is COc1ccc(-c2ccc3c(NC(=O)C(C)Oc4ccccc4)n[nH]c3c2)c(OC)c1. The molecule has 0 aliphatic carbocycles. The summed E-state index contributed by atoms with van der Waals surface area (Å²) in [6, 6.07) is 20.7. The average molecular weight is 417 g/mol. The zero-order valence-corrected chi connectivity index (χ0v) is 17.5. The maximum Gasteiger partial charge on any atom is 0.266 e. The van der Waals surface area contributed by atoms with E-state index < -0.39 is 6.10 Å². The summed E-state index contributed by atoms with van der Waals surface area (Å²) in [4.78, 5) is 12.6. The summed E-state index contributed by atoms with van der Waals surface area (Å²) in [5, 5.41) is 10.9. The number of aromatic amines is 1. The van der Waals surface area contributed by atoms with E-state index in [9.17, 15) is 4.79 Å². The van der Waals surface area contributed by atoms with E-state index in [0.717, 1.165) is 27.8 Å². The van der Waals surface area contributed by atoms with Gasteiger partial charge in [0.05, 0.1) is 19.7 Å². The van der Waals surface area contributed by atoms with Gasteiger partial charge in [0.1, 0.15) is 17.2 Å². The fourth-order valence-electron chi connectivity index (χ4n) is 3.29. The van der Waals surface area contributed by atoms with Crippen molar-refractivity contribution in [2.24, 2.45) is 0 Å². The summed E-state index contributed by atoms with van der Waals surface area (Å²) in [5.41, 5.74) is 2.67. The minimum absolute atomic E-state index is 0.279. The van der Waals surface area contributed by atoms with Gasteiger partial charge in [-0.2, -0.15) is 5.10 Å². The van der Waals surface area contributed by atoms with Crippen molar-refractivity contribution < 1.29 is 19.0 Å². The second-order valence-electron chi connectivity index (χ2n) is 6.96. The van der Waals surface area contributed by atoms with Crippen LogP contribution >= 0.6 is 0 Å². The Kier molecular flexibility index (Phi) is 5.75. The second kappa shape index (κ2) is 8.79. The van der Waals surface area contributed by atoms with Crippen LogP contribution in [0.15, 0.2) is 66.7 Å². The monoisotopic (exact) mass is 417 g/mol. The van der Waals surface area contributed by atoms with Gasteiger partial charge in [0.25, 0.3) is 5.91 Å². The third-order valence-corrected chi connectivity index (χ3v) is 4.95. The van der Waals surface area contributed by atoms with Crippen LogP contribution in [0.25, 0.3) is 22.0 Å². The fourth-order valence-corrected chi connectivity index (χ4v) is 3.29. The van der Waals surface area contributed by atoms with Gasteiger partial charge in [-0.15, -0.1) is 0 Å². The smallest absolute Gasteiger partial charge is 0.266 e. The molecule has 7 heteroatoms. The summed E-state index contributed by atoms with van der Waals surface area (Å²) in [5.74, 6) is 2.24. The zero-order valence-electron chi connectivity index (χ0n) is 17.5. The predicted octanol–water partition coefficient (Wildman–Crippen LogP) is 4.65. The molecular formula is C24H23N3O4. The number of nitrogens with one attached hydrogen (secondary N) is 2. The molecule has 1 atom stereocenters. The first-order chi connectivity index (χ1) is 15.1. The van der Waals surface area contributed by atoms with E-state index in [4.69, 9.17) is 14.2 Å². The van der Waals surface area contributed by atoms with Gasteiger partial charge in [-0.25, -0.2) is 0 Å². The number of nitrogens with zero attached hydrogens (tertiary/aromatic N) is 1. The number of para-hydroxylation sites is 1. The minimum Gasteiger partial charge on any atom is -0.497 e. The number of aromatic nitrogens is 2. The quantitative estimate of drug-likeness (QED) is 0.457. The summed E-state index contributed by atoms with van der Waals surface area (Å²) >= 11 is 0. The van der Waals surface area contributed by atoms with Crippen molar-refractivity contribution in [3.05, 3.63) is 66.7 Å². The van der Waals surface area contributed by atoms with Gasteiger partial charge in [0, 0.05) is 17.0 Å². The number of H-pyrrole nitrogens is 1. The van der Waals surface area contributed by atoms with Crippen molar-refractivity contribution in [3.63, 3.8) is 0 Å². The Balaban J connectivity index is 1.55. The lowest BCUT2D eigenvalue weighted by Crippen LogP contribution is -2.30. The highest BCUT2D eigenvalue weighted by atomic mass is 16.5. The van der Waals surface area contributed by atoms with Gasteiger partial charge in [-0.3, -0.25) is 9.89 Å². The van der Waals surface area contributed by atoms with Crippen molar-refractivity contribution in [1.29, 1.82) is 0 Å². The van der Waals surface area contributed by atoms with Crippen LogP contribution in [-0.2, 0) is 4.79 Å². The van der Waals surface area contributed by atoms with Crippen LogP contribution in [-0.4, -0.2) is 36.4 Å². The Labute approximate surface area is 180 Å². The van der Waals surface area contributed by atoms with E-state index in [2.05, 4.69) is 15.5 Å². The Hall–Kier alpha value is -4.00. The van der Waals surface area contributed by atoms with E-state index in [1.165, 1.54) is 0 Å². The molecule has 1 amide bonds. The molecule has 31 heavy (non-hydrogen) atoms.